The van der Waals surface area contributed by atoms with E-state index >= 15 is 0 Å². The summed E-state index contributed by atoms with van der Waals surface area (Å²) in [6, 6.07) is 10.2. The van der Waals surface area contributed by atoms with Crippen LogP contribution in [-0.2, 0) is 11.3 Å². The van der Waals surface area contributed by atoms with Crippen molar-refractivity contribution >= 4 is 5.91 Å². The molecule has 0 radical (unpaired) electrons. The summed E-state index contributed by atoms with van der Waals surface area (Å²) in [5.74, 6) is 0.932. The summed E-state index contributed by atoms with van der Waals surface area (Å²) >= 11 is 0. The number of hydrogen-bond donors (Lipinski definition) is 0. The first-order chi connectivity index (χ1) is 8.25. The molecule has 0 heterocycles. The zero-order chi connectivity index (χ0) is 12.1. The first-order valence-corrected chi connectivity index (χ1v) is 6.53. The SMILES string of the molecule is CN(Cc1ccccc1)C(=O)CC1CCCC1. The van der Waals surface area contributed by atoms with Crippen LogP contribution >= 0.6 is 0 Å². The molecule has 0 aromatic heterocycles. The maximum absolute atomic E-state index is 12.0. The summed E-state index contributed by atoms with van der Waals surface area (Å²) in [5, 5.41) is 0. The van der Waals surface area contributed by atoms with Gasteiger partial charge in [0.05, 0.1) is 0 Å². The van der Waals surface area contributed by atoms with Crippen LogP contribution in [0.25, 0.3) is 0 Å². The molecule has 1 saturated carbocycles. The number of amides is 1. The molecule has 2 nitrogen and oxygen atoms in total. The molecule has 0 bridgehead atoms. The predicted molar refractivity (Wildman–Crippen MR) is 69.5 cm³/mol. The summed E-state index contributed by atoms with van der Waals surface area (Å²) in [4.78, 5) is 13.9. The fraction of sp³-hybridized carbons (Fsp3) is 0.533. The molecule has 92 valence electrons. The van der Waals surface area contributed by atoms with Crippen molar-refractivity contribution in [3.63, 3.8) is 0 Å². The Balaban J connectivity index is 1.82. The van der Waals surface area contributed by atoms with E-state index in [1.54, 1.807) is 0 Å². The first-order valence-electron chi connectivity index (χ1n) is 6.53. The normalized spacial score (nSPS) is 16.1. The summed E-state index contributed by atoms with van der Waals surface area (Å²) < 4.78 is 0. The standard InChI is InChI=1S/C15H21NO/c1-16(12-14-9-3-2-4-10-14)15(17)11-13-7-5-6-8-13/h2-4,9-10,13H,5-8,11-12H2,1H3. The Morgan fingerprint density at radius 3 is 2.53 bits per heavy atom. The van der Waals surface area contributed by atoms with E-state index in [2.05, 4.69) is 12.1 Å². The van der Waals surface area contributed by atoms with Crippen molar-refractivity contribution in [2.45, 2.75) is 38.6 Å². The molecule has 0 unspecified atom stereocenters. The van der Waals surface area contributed by atoms with E-state index in [1.165, 1.54) is 31.2 Å². The molecule has 0 N–H and O–H groups in total. The molecule has 0 saturated heterocycles. The van der Waals surface area contributed by atoms with Gasteiger partial charge in [-0.3, -0.25) is 4.79 Å². The average Bonchev–Trinajstić information content (AvgIpc) is 2.83. The Morgan fingerprint density at radius 1 is 1.24 bits per heavy atom. The van der Waals surface area contributed by atoms with Crippen molar-refractivity contribution in [2.75, 3.05) is 7.05 Å². The van der Waals surface area contributed by atoms with Crippen LogP contribution in [0.1, 0.15) is 37.7 Å². The van der Waals surface area contributed by atoms with Crippen LogP contribution in [-0.4, -0.2) is 17.9 Å². The van der Waals surface area contributed by atoms with Crippen LogP contribution in [0.15, 0.2) is 30.3 Å². The van der Waals surface area contributed by atoms with Crippen molar-refractivity contribution in [1.82, 2.24) is 4.90 Å². The summed E-state index contributed by atoms with van der Waals surface area (Å²) in [7, 11) is 1.91. The number of benzene rings is 1. The van der Waals surface area contributed by atoms with E-state index in [9.17, 15) is 4.79 Å². The van der Waals surface area contributed by atoms with Crippen LogP contribution in [0.5, 0.6) is 0 Å². The van der Waals surface area contributed by atoms with Crippen LogP contribution in [0, 0.1) is 5.92 Å². The van der Waals surface area contributed by atoms with Crippen molar-refractivity contribution in [3.05, 3.63) is 35.9 Å². The molecule has 1 aliphatic carbocycles. The van der Waals surface area contributed by atoms with E-state index in [-0.39, 0.29) is 0 Å². The molecule has 2 heteroatoms. The van der Waals surface area contributed by atoms with E-state index in [0.29, 0.717) is 11.8 Å². The minimum Gasteiger partial charge on any atom is -0.341 e. The quantitative estimate of drug-likeness (QED) is 0.779. The van der Waals surface area contributed by atoms with Gasteiger partial charge in [-0.1, -0.05) is 43.2 Å². The minimum atomic E-state index is 0.292. The smallest absolute Gasteiger partial charge is 0.222 e. The van der Waals surface area contributed by atoms with Gasteiger partial charge in [0.1, 0.15) is 0 Å². The molecule has 0 aliphatic heterocycles. The number of rotatable bonds is 4. The van der Waals surface area contributed by atoms with E-state index in [4.69, 9.17) is 0 Å². The zero-order valence-electron chi connectivity index (χ0n) is 10.6. The van der Waals surface area contributed by atoms with Gasteiger partial charge in [-0.05, 0) is 24.3 Å². The van der Waals surface area contributed by atoms with Gasteiger partial charge < -0.3 is 4.90 Å². The molecular weight excluding hydrogens is 210 g/mol. The van der Waals surface area contributed by atoms with Gasteiger partial charge in [0.2, 0.25) is 5.91 Å². The van der Waals surface area contributed by atoms with Gasteiger partial charge >= 0.3 is 0 Å². The van der Waals surface area contributed by atoms with Gasteiger partial charge in [-0.2, -0.15) is 0 Å². The Morgan fingerprint density at radius 2 is 1.88 bits per heavy atom. The second-order valence-electron chi connectivity index (χ2n) is 5.09. The topological polar surface area (TPSA) is 20.3 Å². The van der Waals surface area contributed by atoms with E-state index in [1.807, 2.05) is 30.1 Å². The highest BCUT2D eigenvalue weighted by Crippen LogP contribution is 2.28. The lowest BCUT2D eigenvalue weighted by molar-refractivity contribution is -0.131. The third kappa shape index (κ3) is 3.58. The minimum absolute atomic E-state index is 0.292. The lowest BCUT2D eigenvalue weighted by Crippen LogP contribution is -2.27. The maximum atomic E-state index is 12.0. The van der Waals surface area contributed by atoms with Crippen LogP contribution in [0.4, 0.5) is 0 Å². The third-order valence-electron chi connectivity index (χ3n) is 3.63. The molecule has 1 aromatic carbocycles. The van der Waals surface area contributed by atoms with Gasteiger partial charge in [0.15, 0.2) is 0 Å². The van der Waals surface area contributed by atoms with Crippen molar-refractivity contribution in [2.24, 2.45) is 5.92 Å². The van der Waals surface area contributed by atoms with Gasteiger partial charge in [0, 0.05) is 20.0 Å². The van der Waals surface area contributed by atoms with Gasteiger partial charge in [-0.15, -0.1) is 0 Å². The van der Waals surface area contributed by atoms with Crippen LogP contribution in [0.2, 0.25) is 0 Å². The summed E-state index contributed by atoms with van der Waals surface area (Å²) in [5.41, 5.74) is 1.20. The van der Waals surface area contributed by atoms with Gasteiger partial charge in [-0.25, -0.2) is 0 Å². The fourth-order valence-corrected chi connectivity index (χ4v) is 2.56. The molecule has 17 heavy (non-hydrogen) atoms. The van der Waals surface area contributed by atoms with Crippen molar-refractivity contribution in [1.29, 1.82) is 0 Å². The maximum Gasteiger partial charge on any atom is 0.222 e. The molecule has 0 spiro atoms. The Bertz CT molecular complexity index is 354. The Kier molecular flexibility index (Phi) is 4.18. The first kappa shape index (κ1) is 12.2. The average molecular weight is 231 g/mol. The second-order valence-corrected chi connectivity index (χ2v) is 5.09. The molecular formula is C15H21NO. The van der Waals surface area contributed by atoms with Crippen molar-refractivity contribution in [3.8, 4) is 0 Å². The molecule has 0 atom stereocenters. The van der Waals surface area contributed by atoms with E-state index in [0.717, 1.165) is 13.0 Å². The largest absolute Gasteiger partial charge is 0.341 e. The lowest BCUT2D eigenvalue weighted by Gasteiger charge is -2.19. The molecule has 1 fully saturated rings. The Labute approximate surface area is 104 Å². The number of nitrogens with zero attached hydrogens (tertiary/aromatic N) is 1. The number of carbonyl (C=O) groups excluding carboxylic acids is 1. The van der Waals surface area contributed by atoms with E-state index < -0.39 is 0 Å². The monoisotopic (exact) mass is 231 g/mol. The summed E-state index contributed by atoms with van der Waals surface area (Å²) in [6.07, 6.45) is 5.83. The highest BCUT2D eigenvalue weighted by molar-refractivity contribution is 5.76. The summed E-state index contributed by atoms with van der Waals surface area (Å²) in [6.45, 7) is 0.729. The predicted octanol–water partition coefficient (Wildman–Crippen LogP) is 3.23. The second kappa shape index (κ2) is 5.85. The molecule has 1 aliphatic rings. The van der Waals surface area contributed by atoms with Crippen LogP contribution in [0.3, 0.4) is 0 Å². The van der Waals surface area contributed by atoms with Crippen LogP contribution < -0.4 is 0 Å². The molecule has 1 amide bonds. The van der Waals surface area contributed by atoms with Crippen molar-refractivity contribution < 1.29 is 4.79 Å². The fourth-order valence-electron chi connectivity index (χ4n) is 2.56. The van der Waals surface area contributed by atoms with Gasteiger partial charge in [0.25, 0.3) is 0 Å². The number of hydrogen-bond acceptors (Lipinski definition) is 1. The third-order valence-corrected chi connectivity index (χ3v) is 3.63. The Hall–Kier alpha value is -1.31. The number of carbonyl (C=O) groups is 1. The molecule has 2 rings (SSSR count). The lowest BCUT2D eigenvalue weighted by atomic mass is 10.0. The highest BCUT2D eigenvalue weighted by Gasteiger charge is 2.20. The molecule has 1 aromatic rings. The highest BCUT2D eigenvalue weighted by atomic mass is 16.2. The zero-order valence-corrected chi connectivity index (χ0v) is 10.6.